The van der Waals surface area contributed by atoms with E-state index in [0.717, 1.165) is 15.7 Å². The molecule has 0 saturated heterocycles. The van der Waals surface area contributed by atoms with Crippen LogP contribution in [0.5, 0.6) is 5.75 Å². The van der Waals surface area contributed by atoms with E-state index in [-0.39, 0.29) is 18.1 Å². The van der Waals surface area contributed by atoms with Crippen molar-refractivity contribution in [3.63, 3.8) is 0 Å². The molecule has 28 heavy (non-hydrogen) atoms. The van der Waals surface area contributed by atoms with Crippen LogP contribution in [0.4, 0.5) is 0 Å². The number of para-hydroxylation sites is 1. The van der Waals surface area contributed by atoms with E-state index in [2.05, 4.69) is 10.3 Å². The van der Waals surface area contributed by atoms with Gasteiger partial charge in [0.2, 0.25) is 5.91 Å². The maximum Gasteiger partial charge on any atom is 0.226 e. The van der Waals surface area contributed by atoms with Crippen molar-refractivity contribution >= 4 is 34.8 Å². The summed E-state index contributed by atoms with van der Waals surface area (Å²) in [6, 6.07) is 16.8. The van der Waals surface area contributed by atoms with Gasteiger partial charge in [0.25, 0.3) is 0 Å². The van der Waals surface area contributed by atoms with Crippen LogP contribution in [0.2, 0.25) is 0 Å². The number of ether oxygens (including phenoxy) is 1. The Hall–Kier alpha value is -2.64. The molecule has 0 atom stereocenters. The van der Waals surface area contributed by atoms with Crippen LogP contribution in [-0.2, 0) is 17.8 Å². The fourth-order valence-electron chi connectivity index (χ4n) is 2.54. The third kappa shape index (κ3) is 5.68. The molecule has 0 radical (unpaired) electrons. The standard InChI is InChI=1S/C21H20N2O3S2/c1-26-19-10-6-5-9-16(19)12-22-20(25)11-17-13-27-21(23-17)28-14-18(24)15-7-3-2-4-8-15/h2-10,13H,11-12,14H2,1H3,(H,22,25). The van der Waals surface area contributed by atoms with Crippen molar-refractivity contribution in [2.75, 3.05) is 12.9 Å². The maximum absolute atomic E-state index is 12.2. The molecule has 3 rings (SSSR count). The zero-order valence-corrected chi connectivity index (χ0v) is 17.0. The van der Waals surface area contributed by atoms with Crippen molar-refractivity contribution in [3.8, 4) is 5.75 Å². The quantitative estimate of drug-likeness (QED) is 0.425. The van der Waals surface area contributed by atoms with Crippen LogP contribution < -0.4 is 10.1 Å². The summed E-state index contributed by atoms with van der Waals surface area (Å²) in [7, 11) is 1.61. The van der Waals surface area contributed by atoms with E-state index in [4.69, 9.17) is 4.74 Å². The molecule has 7 heteroatoms. The lowest BCUT2D eigenvalue weighted by molar-refractivity contribution is -0.120. The van der Waals surface area contributed by atoms with Gasteiger partial charge in [0, 0.05) is 23.1 Å². The summed E-state index contributed by atoms with van der Waals surface area (Å²) in [6.45, 7) is 0.403. The largest absolute Gasteiger partial charge is 0.496 e. The molecule has 0 bridgehead atoms. The van der Waals surface area contributed by atoms with E-state index >= 15 is 0 Å². The first-order valence-corrected chi connectivity index (χ1v) is 10.6. The van der Waals surface area contributed by atoms with Gasteiger partial charge in [0.05, 0.1) is 25.0 Å². The lowest BCUT2D eigenvalue weighted by Crippen LogP contribution is -2.24. The van der Waals surface area contributed by atoms with E-state index in [1.165, 1.54) is 23.1 Å². The maximum atomic E-state index is 12.2. The summed E-state index contributed by atoms with van der Waals surface area (Å²) in [5, 5.41) is 4.75. The molecule has 0 aliphatic heterocycles. The van der Waals surface area contributed by atoms with E-state index in [1.54, 1.807) is 7.11 Å². The van der Waals surface area contributed by atoms with E-state index in [1.807, 2.05) is 60.0 Å². The number of amides is 1. The Morgan fingerprint density at radius 2 is 1.86 bits per heavy atom. The van der Waals surface area contributed by atoms with Crippen molar-refractivity contribution in [1.82, 2.24) is 10.3 Å². The number of Topliss-reactive ketones (excluding diaryl/α,β-unsaturated/α-hetero) is 1. The Labute approximate surface area is 172 Å². The van der Waals surface area contributed by atoms with Gasteiger partial charge in [0.15, 0.2) is 10.1 Å². The number of hydrogen-bond donors (Lipinski definition) is 1. The van der Waals surface area contributed by atoms with Crippen molar-refractivity contribution in [2.45, 2.75) is 17.3 Å². The Kier molecular flexibility index (Phi) is 7.22. The van der Waals surface area contributed by atoms with Gasteiger partial charge < -0.3 is 10.1 Å². The number of carbonyl (C=O) groups is 2. The summed E-state index contributed by atoms with van der Waals surface area (Å²) < 4.78 is 6.07. The van der Waals surface area contributed by atoms with Crippen molar-refractivity contribution in [2.24, 2.45) is 0 Å². The molecular weight excluding hydrogens is 392 g/mol. The first kappa shape index (κ1) is 20.1. The van der Waals surface area contributed by atoms with Crippen LogP contribution in [-0.4, -0.2) is 29.5 Å². The summed E-state index contributed by atoms with van der Waals surface area (Å²) >= 11 is 2.84. The normalized spacial score (nSPS) is 10.5. The highest BCUT2D eigenvalue weighted by atomic mass is 32.2. The summed E-state index contributed by atoms with van der Waals surface area (Å²) in [6.07, 6.45) is 0.207. The fraction of sp³-hybridized carbons (Fsp3) is 0.190. The number of ketones is 1. The topological polar surface area (TPSA) is 68.3 Å². The minimum absolute atomic E-state index is 0.0666. The summed E-state index contributed by atoms with van der Waals surface area (Å²) in [5.74, 6) is 1.04. The smallest absolute Gasteiger partial charge is 0.226 e. The number of carbonyl (C=O) groups excluding carboxylic acids is 2. The van der Waals surface area contributed by atoms with Crippen LogP contribution >= 0.6 is 23.1 Å². The molecule has 0 saturated carbocycles. The summed E-state index contributed by atoms with van der Waals surface area (Å²) in [5.41, 5.74) is 2.33. The molecule has 1 aromatic heterocycles. The predicted molar refractivity (Wildman–Crippen MR) is 112 cm³/mol. The van der Waals surface area contributed by atoms with Crippen molar-refractivity contribution < 1.29 is 14.3 Å². The first-order valence-electron chi connectivity index (χ1n) is 8.69. The van der Waals surface area contributed by atoms with Crippen LogP contribution in [0.3, 0.4) is 0 Å². The van der Waals surface area contributed by atoms with Gasteiger partial charge in [-0.25, -0.2) is 4.98 Å². The van der Waals surface area contributed by atoms with Crippen molar-refractivity contribution in [3.05, 3.63) is 76.8 Å². The third-order valence-electron chi connectivity index (χ3n) is 3.96. The first-order chi connectivity index (χ1) is 13.7. The van der Waals surface area contributed by atoms with Gasteiger partial charge >= 0.3 is 0 Å². The highest BCUT2D eigenvalue weighted by Gasteiger charge is 2.11. The second-order valence-corrected chi connectivity index (χ2v) is 8.03. The lowest BCUT2D eigenvalue weighted by Gasteiger charge is -2.09. The fourth-order valence-corrected chi connectivity index (χ4v) is 4.28. The van der Waals surface area contributed by atoms with E-state index in [9.17, 15) is 9.59 Å². The Morgan fingerprint density at radius 1 is 1.11 bits per heavy atom. The molecular formula is C21H20N2O3S2. The zero-order valence-electron chi connectivity index (χ0n) is 15.4. The van der Waals surface area contributed by atoms with Gasteiger partial charge in [-0.3, -0.25) is 9.59 Å². The molecule has 0 aliphatic rings. The van der Waals surface area contributed by atoms with Gasteiger partial charge in [0.1, 0.15) is 5.75 Å². The molecule has 2 aromatic carbocycles. The minimum Gasteiger partial charge on any atom is -0.496 e. The molecule has 0 spiro atoms. The molecule has 1 heterocycles. The number of rotatable bonds is 9. The zero-order chi connectivity index (χ0) is 19.8. The highest BCUT2D eigenvalue weighted by Crippen LogP contribution is 2.24. The number of aromatic nitrogens is 1. The van der Waals surface area contributed by atoms with Crippen LogP contribution in [0.1, 0.15) is 21.6 Å². The Bertz CT molecular complexity index is 942. The number of benzene rings is 2. The average molecular weight is 413 g/mol. The second kappa shape index (κ2) is 10.1. The number of nitrogens with zero attached hydrogens (tertiary/aromatic N) is 1. The molecule has 144 valence electrons. The van der Waals surface area contributed by atoms with Crippen LogP contribution in [0, 0.1) is 0 Å². The summed E-state index contributed by atoms with van der Waals surface area (Å²) in [4.78, 5) is 28.8. The molecule has 1 N–H and O–H groups in total. The SMILES string of the molecule is COc1ccccc1CNC(=O)Cc1csc(SCC(=O)c2ccccc2)n1. The lowest BCUT2D eigenvalue weighted by atomic mass is 10.2. The molecule has 0 fully saturated rings. The van der Waals surface area contributed by atoms with Gasteiger partial charge in [-0.1, -0.05) is 60.3 Å². The molecule has 5 nitrogen and oxygen atoms in total. The predicted octanol–water partition coefficient (Wildman–Crippen LogP) is 3.99. The number of thioether (sulfide) groups is 1. The third-order valence-corrected chi connectivity index (χ3v) is 6.03. The van der Waals surface area contributed by atoms with Crippen LogP contribution in [0.25, 0.3) is 0 Å². The number of nitrogens with one attached hydrogen (secondary N) is 1. The molecule has 3 aromatic rings. The second-order valence-electron chi connectivity index (χ2n) is 5.95. The number of methoxy groups -OCH3 is 1. The number of hydrogen-bond acceptors (Lipinski definition) is 6. The minimum atomic E-state index is -0.104. The van der Waals surface area contributed by atoms with E-state index < -0.39 is 0 Å². The van der Waals surface area contributed by atoms with E-state index in [0.29, 0.717) is 23.6 Å². The van der Waals surface area contributed by atoms with Gasteiger partial charge in [-0.2, -0.15) is 0 Å². The Balaban J connectivity index is 1.47. The molecule has 1 amide bonds. The monoisotopic (exact) mass is 412 g/mol. The van der Waals surface area contributed by atoms with Crippen LogP contribution in [0.15, 0.2) is 64.3 Å². The van der Waals surface area contributed by atoms with Crippen molar-refractivity contribution in [1.29, 1.82) is 0 Å². The molecule has 0 unspecified atom stereocenters. The van der Waals surface area contributed by atoms with Gasteiger partial charge in [-0.15, -0.1) is 11.3 Å². The highest BCUT2D eigenvalue weighted by molar-refractivity contribution is 8.01. The average Bonchev–Trinajstić information content (AvgIpc) is 3.18. The number of thiazole rings is 1. The Morgan fingerprint density at radius 3 is 2.64 bits per heavy atom. The molecule has 0 aliphatic carbocycles. The van der Waals surface area contributed by atoms with Gasteiger partial charge in [-0.05, 0) is 6.07 Å².